The van der Waals surface area contributed by atoms with Crippen molar-refractivity contribution >= 4 is 27.5 Å². The van der Waals surface area contributed by atoms with E-state index in [1.165, 1.54) is 31.5 Å². The highest BCUT2D eigenvalue weighted by molar-refractivity contribution is 9.10. The van der Waals surface area contributed by atoms with Crippen LogP contribution >= 0.6 is 15.9 Å². The van der Waals surface area contributed by atoms with E-state index in [2.05, 4.69) is 26.2 Å². The van der Waals surface area contributed by atoms with E-state index < -0.39 is 5.82 Å². The molecule has 0 aliphatic rings. The smallest absolute Gasteiger partial charge is 0.255 e. The van der Waals surface area contributed by atoms with Crippen molar-refractivity contribution in [1.82, 2.24) is 4.98 Å². The Morgan fingerprint density at radius 1 is 1.37 bits per heavy atom. The van der Waals surface area contributed by atoms with Gasteiger partial charge in [-0.2, -0.15) is 0 Å². The molecule has 0 aliphatic carbocycles. The second-order valence-corrected chi connectivity index (χ2v) is 4.48. The van der Waals surface area contributed by atoms with Crippen molar-refractivity contribution in [3.8, 4) is 5.75 Å². The lowest BCUT2D eigenvalue weighted by molar-refractivity contribution is 0.102. The molecule has 1 amide bonds. The average Bonchev–Trinajstić information content (AvgIpc) is 2.41. The third-order valence-corrected chi connectivity index (χ3v) is 2.83. The number of hydrogen-bond donors (Lipinski definition) is 1. The predicted octanol–water partition coefficient (Wildman–Crippen LogP) is 3.24. The number of hydrogen-bond acceptors (Lipinski definition) is 3. The highest BCUT2D eigenvalue weighted by Crippen LogP contribution is 2.22. The zero-order chi connectivity index (χ0) is 13.8. The summed E-state index contributed by atoms with van der Waals surface area (Å²) in [7, 11) is 1.37. The maximum absolute atomic E-state index is 13.2. The summed E-state index contributed by atoms with van der Waals surface area (Å²) in [5.74, 6) is -0.711. The molecule has 1 aromatic heterocycles. The number of ether oxygens (including phenoxy) is 1. The van der Waals surface area contributed by atoms with Crippen LogP contribution in [0.15, 0.2) is 41.1 Å². The minimum Gasteiger partial charge on any atom is -0.494 e. The van der Waals surface area contributed by atoms with Gasteiger partial charge in [-0.05, 0) is 40.2 Å². The summed E-state index contributed by atoms with van der Waals surface area (Å²) in [5.41, 5.74) is 0.904. The maximum Gasteiger partial charge on any atom is 0.255 e. The van der Waals surface area contributed by atoms with Crippen LogP contribution in [-0.2, 0) is 0 Å². The number of nitrogens with one attached hydrogen (secondary N) is 1. The number of carbonyl (C=O) groups is 1. The van der Waals surface area contributed by atoms with Crippen LogP contribution in [0.2, 0.25) is 0 Å². The highest BCUT2D eigenvalue weighted by Gasteiger charge is 2.09. The fraction of sp³-hybridized carbons (Fsp3) is 0.0769. The van der Waals surface area contributed by atoms with Crippen LogP contribution in [0.5, 0.6) is 5.75 Å². The molecule has 6 heteroatoms. The molecular formula is C13H10BrFN2O2. The molecule has 1 N–H and O–H groups in total. The number of rotatable bonds is 3. The highest BCUT2D eigenvalue weighted by atomic mass is 79.9. The lowest BCUT2D eigenvalue weighted by Crippen LogP contribution is -2.12. The number of pyridine rings is 1. The maximum atomic E-state index is 13.2. The van der Waals surface area contributed by atoms with Crippen molar-refractivity contribution < 1.29 is 13.9 Å². The van der Waals surface area contributed by atoms with Crippen LogP contribution in [0.4, 0.5) is 10.1 Å². The van der Waals surface area contributed by atoms with Crippen LogP contribution in [0.25, 0.3) is 0 Å². The Morgan fingerprint density at radius 3 is 2.84 bits per heavy atom. The molecule has 0 fully saturated rings. The second kappa shape index (κ2) is 5.79. The fourth-order valence-corrected chi connectivity index (χ4v) is 1.85. The van der Waals surface area contributed by atoms with Crippen LogP contribution in [0, 0.1) is 5.82 Å². The number of carbonyl (C=O) groups excluding carboxylic acids is 1. The van der Waals surface area contributed by atoms with E-state index >= 15 is 0 Å². The number of benzene rings is 1. The summed E-state index contributed by atoms with van der Waals surface area (Å²) in [6.07, 6.45) is 1.52. The molecule has 19 heavy (non-hydrogen) atoms. The van der Waals surface area contributed by atoms with Crippen LogP contribution in [-0.4, -0.2) is 18.0 Å². The van der Waals surface area contributed by atoms with Crippen molar-refractivity contribution in [3.05, 3.63) is 52.5 Å². The van der Waals surface area contributed by atoms with Gasteiger partial charge in [-0.15, -0.1) is 0 Å². The second-order valence-electron chi connectivity index (χ2n) is 3.67. The van der Waals surface area contributed by atoms with Crippen LogP contribution < -0.4 is 10.1 Å². The molecule has 0 aliphatic heterocycles. The predicted molar refractivity (Wildman–Crippen MR) is 72.8 cm³/mol. The Balaban J connectivity index is 2.19. The normalized spacial score (nSPS) is 10.1. The summed E-state index contributed by atoms with van der Waals surface area (Å²) >= 11 is 3.19. The van der Waals surface area contributed by atoms with Gasteiger partial charge >= 0.3 is 0 Å². The van der Waals surface area contributed by atoms with Gasteiger partial charge in [-0.3, -0.25) is 4.79 Å². The fourth-order valence-electron chi connectivity index (χ4n) is 1.48. The van der Waals surface area contributed by atoms with Gasteiger partial charge in [0.25, 0.3) is 5.91 Å². The molecule has 0 saturated heterocycles. The van der Waals surface area contributed by atoms with Gasteiger partial charge in [0.05, 0.1) is 7.11 Å². The van der Waals surface area contributed by atoms with Crippen molar-refractivity contribution in [2.75, 3.05) is 12.4 Å². The Bertz CT molecular complexity index is 619. The van der Waals surface area contributed by atoms with Gasteiger partial charge in [0.1, 0.15) is 4.60 Å². The van der Waals surface area contributed by atoms with Gasteiger partial charge in [-0.25, -0.2) is 9.37 Å². The molecule has 2 aromatic rings. The summed E-state index contributed by atoms with van der Waals surface area (Å²) in [4.78, 5) is 15.9. The number of halogens is 2. The molecule has 0 bridgehead atoms. The van der Waals surface area contributed by atoms with Crippen molar-refractivity contribution in [3.63, 3.8) is 0 Å². The molecule has 0 radical (unpaired) electrons. The molecule has 0 atom stereocenters. The molecule has 0 unspecified atom stereocenters. The summed E-state index contributed by atoms with van der Waals surface area (Å²) < 4.78 is 18.6. The zero-order valence-electron chi connectivity index (χ0n) is 9.98. The van der Waals surface area contributed by atoms with Crippen molar-refractivity contribution in [2.24, 2.45) is 0 Å². The van der Waals surface area contributed by atoms with E-state index in [0.717, 1.165) is 0 Å². The summed E-state index contributed by atoms with van der Waals surface area (Å²) in [6, 6.07) is 7.29. The van der Waals surface area contributed by atoms with Gasteiger partial charge < -0.3 is 10.1 Å². The Morgan fingerprint density at radius 2 is 2.16 bits per heavy atom. The monoisotopic (exact) mass is 324 g/mol. The molecule has 2 rings (SSSR count). The topological polar surface area (TPSA) is 51.2 Å². The van der Waals surface area contributed by atoms with E-state index in [4.69, 9.17) is 4.74 Å². The van der Waals surface area contributed by atoms with E-state index in [0.29, 0.717) is 15.9 Å². The molecule has 0 saturated carbocycles. The van der Waals surface area contributed by atoms with E-state index in [9.17, 15) is 9.18 Å². The number of anilines is 1. The first-order chi connectivity index (χ1) is 9.10. The van der Waals surface area contributed by atoms with Gasteiger partial charge in [0.2, 0.25) is 0 Å². The molecule has 1 heterocycles. The Labute approximate surface area is 117 Å². The molecular weight excluding hydrogens is 315 g/mol. The SMILES string of the molecule is COc1cc(NC(=O)c2ccnc(Br)c2)ccc1F. The van der Waals surface area contributed by atoms with Crippen LogP contribution in [0.3, 0.4) is 0 Å². The van der Waals surface area contributed by atoms with Gasteiger partial charge in [0.15, 0.2) is 11.6 Å². The lowest BCUT2D eigenvalue weighted by Gasteiger charge is -2.08. The average molecular weight is 325 g/mol. The third kappa shape index (κ3) is 3.29. The molecule has 4 nitrogen and oxygen atoms in total. The standard InChI is InChI=1S/C13H10BrFN2O2/c1-19-11-7-9(2-3-10(11)15)17-13(18)8-4-5-16-12(14)6-8/h2-7H,1H3,(H,17,18). The first kappa shape index (κ1) is 13.5. The van der Waals surface area contributed by atoms with E-state index in [1.807, 2.05) is 0 Å². The molecule has 1 aromatic carbocycles. The van der Waals surface area contributed by atoms with E-state index in [1.54, 1.807) is 12.1 Å². The van der Waals surface area contributed by atoms with E-state index in [-0.39, 0.29) is 11.7 Å². The van der Waals surface area contributed by atoms with Crippen LogP contribution in [0.1, 0.15) is 10.4 Å². The lowest BCUT2D eigenvalue weighted by atomic mass is 10.2. The van der Waals surface area contributed by atoms with Crippen molar-refractivity contribution in [2.45, 2.75) is 0 Å². The first-order valence-corrected chi connectivity index (χ1v) is 6.16. The largest absolute Gasteiger partial charge is 0.494 e. The number of nitrogens with zero attached hydrogens (tertiary/aromatic N) is 1. The Kier molecular flexibility index (Phi) is 4.11. The quantitative estimate of drug-likeness (QED) is 0.882. The summed E-state index contributed by atoms with van der Waals surface area (Å²) in [6.45, 7) is 0. The zero-order valence-corrected chi connectivity index (χ0v) is 11.6. The Hall–Kier alpha value is -1.95. The first-order valence-electron chi connectivity index (χ1n) is 5.36. The third-order valence-electron chi connectivity index (χ3n) is 2.40. The summed E-state index contributed by atoms with van der Waals surface area (Å²) in [5, 5.41) is 2.65. The number of aromatic nitrogens is 1. The van der Waals surface area contributed by atoms with Crippen molar-refractivity contribution in [1.29, 1.82) is 0 Å². The number of methoxy groups -OCH3 is 1. The minimum absolute atomic E-state index is 0.0775. The van der Waals surface area contributed by atoms with Gasteiger partial charge in [0, 0.05) is 23.5 Å². The van der Waals surface area contributed by atoms with Gasteiger partial charge in [-0.1, -0.05) is 0 Å². The minimum atomic E-state index is -0.479. The molecule has 98 valence electrons. The molecule has 0 spiro atoms. The number of amides is 1.